The van der Waals surface area contributed by atoms with Crippen LogP contribution in [0.4, 0.5) is 0 Å². The van der Waals surface area contributed by atoms with Crippen LogP contribution < -0.4 is 9.47 Å². The minimum atomic E-state index is 0.368. The second-order valence-corrected chi connectivity index (χ2v) is 3.46. The van der Waals surface area contributed by atoms with Crippen LogP contribution in [0.2, 0.25) is 0 Å². The van der Waals surface area contributed by atoms with E-state index >= 15 is 0 Å². The molecule has 0 heterocycles. The second kappa shape index (κ2) is 5.00. The van der Waals surface area contributed by atoms with Gasteiger partial charge in [0.1, 0.15) is 11.5 Å². The van der Waals surface area contributed by atoms with Crippen molar-refractivity contribution >= 4 is 0 Å². The van der Waals surface area contributed by atoms with Crippen molar-refractivity contribution in [3.8, 4) is 11.5 Å². The molecule has 0 bridgehead atoms. The average Bonchev–Trinajstić information content (AvgIpc) is 2.19. The Morgan fingerprint density at radius 2 is 1.67 bits per heavy atom. The molecule has 84 valence electrons. The molecule has 0 radical (unpaired) electrons. The van der Waals surface area contributed by atoms with Gasteiger partial charge >= 0.3 is 0 Å². The van der Waals surface area contributed by atoms with Crippen LogP contribution in [0, 0.1) is 6.92 Å². The summed E-state index contributed by atoms with van der Waals surface area (Å²) in [6, 6.07) is 3.84. The molecule has 0 atom stereocenters. The van der Waals surface area contributed by atoms with Crippen LogP contribution >= 0.6 is 0 Å². The second-order valence-electron chi connectivity index (χ2n) is 3.46. The molecule has 0 aliphatic carbocycles. The van der Waals surface area contributed by atoms with Crippen LogP contribution in [0.3, 0.4) is 0 Å². The number of rotatable bonds is 4. The number of hydrogen-bond acceptors (Lipinski definition) is 4. The largest absolute Gasteiger partial charge is 0.496 e. The zero-order valence-electron chi connectivity index (χ0n) is 9.57. The maximum atomic E-state index is 9.24. The molecular weight excluding hydrogens is 194 g/mol. The van der Waals surface area contributed by atoms with E-state index in [4.69, 9.17) is 9.47 Å². The molecule has 0 amide bonds. The van der Waals surface area contributed by atoms with Crippen molar-refractivity contribution in [1.82, 2.24) is 5.06 Å². The monoisotopic (exact) mass is 211 g/mol. The third-order valence-corrected chi connectivity index (χ3v) is 2.14. The lowest BCUT2D eigenvalue weighted by atomic mass is 10.1. The summed E-state index contributed by atoms with van der Waals surface area (Å²) in [5.74, 6) is 1.46. The Labute approximate surface area is 90.0 Å². The number of aryl methyl sites for hydroxylation is 1. The first-order valence-electron chi connectivity index (χ1n) is 4.70. The smallest absolute Gasteiger partial charge is 0.127 e. The molecule has 1 aromatic rings. The van der Waals surface area contributed by atoms with Gasteiger partial charge in [-0.1, -0.05) is 0 Å². The van der Waals surface area contributed by atoms with Gasteiger partial charge in [0.15, 0.2) is 0 Å². The Morgan fingerprint density at radius 3 is 2.00 bits per heavy atom. The summed E-state index contributed by atoms with van der Waals surface area (Å²) in [4.78, 5) is 0. The summed E-state index contributed by atoms with van der Waals surface area (Å²) in [5.41, 5.74) is 1.91. The van der Waals surface area contributed by atoms with Crippen LogP contribution in [0.5, 0.6) is 11.5 Å². The summed E-state index contributed by atoms with van der Waals surface area (Å²) < 4.78 is 10.5. The third kappa shape index (κ3) is 2.84. The zero-order valence-corrected chi connectivity index (χ0v) is 9.57. The summed E-state index contributed by atoms with van der Waals surface area (Å²) in [6.07, 6.45) is 0. The highest BCUT2D eigenvalue weighted by atomic mass is 16.5. The van der Waals surface area contributed by atoms with E-state index in [1.807, 2.05) is 19.1 Å². The summed E-state index contributed by atoms with van der Waals surface area (Å²) in [7, 11) is 4.79. The fourth-order valence-corrected chi connectivity index (χ4v) is 1.50. The Hall–Kier alpha value is -1.26. The summed E-state index contributed by atoms with van der Waals surface area (Å²) in [5, 5.41) is 10.3. The van der Waals surface area contributed by atoms with Gasteiger partial charge in [-0.05, 0) is 24.6 Å². The van der Waals surface area contributed by atoms with Crippen LogP contribution in [-0.4, -0.2) is 31.5 Å². The van der Waals surface area contributed by atoms with Crippen LogP contribution in [0.15, 0.2) is 12.1 Å². The lowest BCUT2D eigenvalue weighted by Gasteiger charge is -2.16. The highest BCUT2D eigenvalue weighted by Gasteiger charge is 2.12. The normalized spacial score (nSPS) is 10.5. The van der Waals surface area contributed by atoms with Crippen molar-refractivity contribution in [2.75, 3.05) is 21.3 Å². The van der Waals surface area contributed by atoms with Crippen molar-refractivity contribution in [2.45, 2.75) is 13.5 Å². The highest BCUT2D eigenvalue weighted by molar-refractivity contribution is 5.47. The topological polar surface area (TPSA) is 41.9 Å². The quantitative estimate of drug-likeness (QED) is 0.771. The lowest BCUT2D eigenvalue weighted by molar-refractivity contribution is -0.0739. The van der Waals surface area contributed by atoms with Crippen molar-refractivity contribution in [3.63, 3.8) is 0 Å². The van der Waals surface area contributed by atoms with E-state index in [0.29, 0.717) is 6.54 Å². The molecule has 0 aromatic heterocycles. The predicted octanol–water partition coefficient (Wildman–Crippen LogP) is 1.83. The SMILES string of the molecule is COc1cc(C)cc(OC)c1CN(C)O. The Morgan fingerprint density at radius 1 is 1.20 bits per heavy atom. The molecule has 4 heteroatoms. The van der Waals surface area contributed by atoms with Gasteiger partial charge in [0.2, 0.25) is 0 Å². The van der Waals surface area contributed by atoms with Crippen LogP contribution in [0.1, 0.15) is 11.1 Å². The van der Waals surface area contributed by atoms with E-state index in [2.05, 4.69) is 0 Å². The molecule has 0 saturated carbocycles. The van der Waals surface area contributed by atoms with E-state index in [0.717, 1.165) is 27.7 Å². The molecule has 4 nitrogen and oxygen atoms in total. The van der Waals surface area contributed by atoms with Gasteiger partial charge in [-0.2, -0.15) is 5.06 Å². The number of hydroxylamine groups is 2. The molecule has 0 fully saturated rings. The van der Waals surface area contributed by atoms with Gasteiger partial charge in [-0.25, -0.2) is 0 Å². The number of benzene rings is 1. The molecule has 0 saturated heterocycles. The lowest BCUT2D eigenvalue weighted by Crippen LogP contribution is -2.13. The maximum absolute atomic E-state index is 9.24. The Bertz CT molecular complexity index is 312. The Kier molecular flexibility index (Phi) is 3.94. The zero-order chi connectivity index (χ0) is 11.4. The van der Waals surface area contributed by atoms with E-state index in [9.17, 15) is 5.21 Å². The first-order chi connectivity index (χ1) is 7.08. The number of methoxy groups -OCH3 is 2. The summed E-state index contributed by atoms with van der Waals surface area (Å²) >= 11 is 0. The van der Waals surface area contributed by atoms with Crippen molar-refractivity contribution in [3.05, 3.63) is 23.3 Å². The van der Waals surface area contributed by atoms with Gasteiger partial charge in [0.25, 0.3) is 0 Å². The molecule has 0 aliphatic heterocycles. The summed E-state index contributed by atoms with van der Waals surface area (Å²) in [6.45, 7) is 2.34. The van der Waals surface area contributed by atoms with E-state index in [-0.39, 0.29) is 0 Å². The average molecular weight is 211 g/mol. The molecule has 1 N–H and O–H groups in total. The van der Waals surface area contributed by atoms with E-state index < -0.39 is 0 Å². The molecule has 1 aromatic carbocycles. The number of ether oxygens (including phenoxy) is 2. The fraction of sp³-hybridized carbons (Fsp3) is 0.455. The van der Waals surface area contributed by atoms with Gasteiger partial charge in [-0.15, -0.1) is 0 Å². The van der Waals surface area contributed by atoms with Crippen molar-refractivity contribution < 1.29 is 14.7 Å². The third-order valence-electron chi connectivity index (χ3n) is 2.14. The fourth-order valence-electron chi connectivity index (χ4n) is 1.50. The van der Waals surface area contributed by atoms with E-state index in [1.54, 1.807) is 21.3 Å². The number of nitrogens with zero attached hydrogens (tertiary/aromatic N) is 1. The molecule has 15 heavy (non-hydrogen) atoms. The first kappa shape index (κ1) is 11.8. The first-order valence-corrected chi connectivity index (χ1v) is 4.70. The van der Waals surface area contributed by atoms with Crippen LogP contribution in [-0.2, 0) is 6.54 Å². The molecule has 1 rings (SSSR count). The van der Waals surface area contributed by atoms with Crippen molar-refractivity contribution in [1.29, 1.82) is 0 Å². The van der Waals surface area contributed by atoms with E-state index in [1.165, 1.54) is 0 Å². The van der Waals surface area contributed by atoms with Gasteiger partial charge in [0.05, 0.1) is 26.3 Å². The van der Waals surface area contributed by atoms with Crippen molar-refractivity contribution in [2.24, 2.45) is 0 Å². The minimum Gasteiger partial charge on any atom is -0.496 e. The van der Waals surface area contributed by atoms with Gasteiger partial charge in [0, 0.05) is 7.05 Å². The minimum absolute atomic E-state index is 0.368. The predicted molar refractivity (Wildman–Crippen MR) is 57.5 cm³/mol. The molecule has 0 spiro atoms. The maximum Gasteiger partial charge on any atom is 0.127 e. The van der Waals surface area contributed by atoms with Crippen LogP contribution in [0.25, 0.3) is 0 Å². The molecule has 0 unspecified atom stereocenters. The Balaban J connectivity index is 3.18. The molecule has 0 aliphatic rings. The standard InChI is InChI=1S/C11H17NO3/c1-8-5-10(14-3)9(7-12(2)13)11(6-8)15-4/h5-6,13H,7H2,1-4H3. The highest BCUT2D eigenvalue weighted by Crippen LogP contribution is 2.30. The molecular formula is C11H17NO3. The van der Waals surface area contributed by atoms with Gasteiger partial charge < -0.3 is 14.7 Å². The van der Waals surface area contributed by atoms with Gasteiger partial charge in [-0.3, -0.25) is 0 Å². The number of hydrogen-bond donors (Lipinski definition) is 1.